The minimum absolute atomic E-state index is 0.105. The van der Waals surface area contributed by atoms with Gasteiger partial charge in [-0.15, -0.1) is 11.3 Å². The third-order valence-electron chi connectivity index (χ3n) is 9.59. The summed E-state index contributed by atoms with van der Waals surface area (Å²) in [5.74, 6) is 0.784. The van der Waals surface area contributed by atoms with E-state index in [1.54, 1.807) is 0 Å². The molecular weight excluding hydrogens is 589 g/mol. The Morgan fingerprint density at radius 3 is 2.02 bits per heavy atom. The van der Waals surface area contributed by atoms with Crippen molar-refractivity contribution in [1.82, 2.24) is 0 Å². The predicted molar refractivity (Wildman–Crippen MR) is 203 cm³/mol. The number of hydrogen-bond donors (Lipinski definition) is 0. The van der Waals surface area contributed by atoms with E-state index in [4.69, 9.17) is 10.3 Å². The molecule has 0 N–H and O–H groups in total. The van der Waals surface area contributed by atoms with Crippen molar-refractivity contribution in [2.45, 2.75) is 6.04 Å². The highest BCUT2D eigenvalue weighted by Gasteiger charge is 2.22. The van der Waals surface area contributed by atoms with Crippen LogP contribution < -0.4 is 0 Å². The van der Waals surface area contributed by atoms with Gasteiger partial charge in [0, 0.05) is 31.6 Å². The van der Waals surface area contributed by atoms with Crippen LogP contribution in [-0.4, -0.2) is 11.9 Å². The standard InChI is InChI=1S/C44H27N2S/c1-2-13-27(14-3-1)28-15-12-16-29(25-28)42-34-21-8-10-23-38(34)45-44(46-42)37-26-36-32-19-5-4-17-30(32)31-18-6-7-20-33(31)40(36)43-41(37)35-22-9-11-24-39(35)47-43/h1-26,38H/q-1. The Labute approximate surface area is 276 Å². The van der Waals surface area contributed by atoms with Gasteiger partial charge >= 0.3 is 0 Å². The molecule has 47 heavy (non-hydrogen) atoms. The first-order valence-electron chi connectivity index (χ1n) is 16.0. The SMILES string of the molecule is C1=CC2=C(c3cccc(-c4ccccc4)c3)N=C(c3cc4c5ccccc5c5ccccc5c4c4sc5ccccc5c34)[N-]C2C=C1. The molecule has 2 heterocycles. The van der Waals surface area contributed by atoms with E-state index in [2.05, 4.69) is 158 Å². The number of hydrogen-bond acceptors (Lipinski definition) is 2. The van der Waals surface area contributed by atoms with Gasteiger partial charge in [0.15, 0.2) is 0 Å². The summed E-state index contributed by atoms with van der Waals surface area (Å²) < 4.78 is 2.57. The minimum Gasteiger partial charge on any atom is -0.454 e. The average molecular weight is 616 g/mol. The highest BCUT2D eigenvalue weighted by Crippen LogP contribution is 2.47. The molecule has 0 bridgehead atoms. The molecule has 2 nitrogen and oxygen atoms in total. The second-order valence-electron chi connectivity index (χ2n) is 12.2. The molecule has 1 aromatic heterocycles. The van der Waals surface area contributed by atoms with Crippen LogP contribution in [0.25, 0.3) is 74.6 Å². The van der Waals surface area contributed by atoms with Gasteiger partial charge in [-0.3, -0.25) is 0 Å². The molecule has 0 saturated heterocycles. The summed E-state index contributed by atoms with van der Waals surface area (Å²) in [6.45, 7) is 0. The zero-order chi connectivity index (χ0) is 30.9. The van der Waals surface area contributed by atoms with Crippen LogP contribution in [0.3, 0.4) is 0 Å². The van der Waals surface area contributed by atoms with Crippen LogP contribution in [0.4, 0.5) is 0 Å². The topological polar surface area (TPSA) is 26.5 Å². The number of thiophene rings is 1. The van der Waals surface area contributed by atoms with Crippen LogP contribution in [0.1, 0.15) is 11.1 Å². The zero-order valence-corrected chi connectivity index (χ0v) is 26.2. The lowest BCUT2D eigenvalue weighted by atomic mass is 9.89. The first kappa shape index (κ1) is 26.4. The van der Waals surface area contributed by atoms with Gasteiger partial charge in [0.1, 0.15) is 0 Å². The van der Waals surface area contributed by atoms with Crippen molar-refractivity contribution in [1.29, 1.82) is 0 Å². The van der Waals surface area contributed by atoms with Crippen LogP contribution >= 0.6 is 11.3 Å². The van der Waals surface area contributed by atoms with Crippen molar-refractivity contribution in [2.24, 2.45) is 4.99 Å². The van der Waals surface area contributed by atoms with Gasteiger partial charge in [0.2, 0.25) is 0 Å². The van der Waals surface area contributed by atoms with Crippen LogP contribution in [0.2, 0.25) is 0 Å². The maximum atomic E-state index is 5.48. The highest BCUT2D eigenvalue weighted by atomic mass is 32.1. The highest BCUT2D eigenvalue weighted by molar-refractivity contribution is 7.27. The van der Waals surface area contributed by atoms with E-state index in [-0.39, 0.29) is 6.04 Å². The molecule has 0 amide bonds. The van der Waals surface area contributed by atoms with Gasteiger partial charge in [0.25, 0.3) is 0 Å². The number of fused-ring (bicyclic) bond motifs is 11. The Morgan fingerprint density at radius 1 is 0.532 bits per heavy atom. The summed E-state index contributed by atoms with van der Waals surface area (Å²) in [6, 6.07) is 48.0. The van der Waals surface area contributed by atoms with Crippen molar-refractivity contribution in [3.63, 3.8) is 0 Å². The molecule has 220 valence electrons. The third kappa shape index (κ3) is 4.07. The second kappa shape index (κ2) is 10.4. The second-order valence-corrected chi connectivity index (χ2v) is 13.3. The normalized spacial score (nSPS) is 15.9. The van der Waals surface area contributed by atoms with Gasteiger partial charge in [-0.05, 0) is 78.7 Å². The van der Waals surface area contributed by atoms with Gasteiger partial charge < -0.3 is 10.3 Å². The molecule has 0 fully saturated rings. The molecular formula is C44H27N2S-. The van der Waals surface area contributed by atoms with E-state index < -0.39 is 0 Å². The first-order valence-corrected chi connectivity index (χ1v) is 16.9. The molecule has 1 aliphatic heterocycles. The Bertz CT molecular complexity index is 2710. The lowest BCUT2D eigenvalue weighted by Crippen LogP contribution is -2.19. The quantitative estimate of drug-likeness (QED) is 0.177. The smallest absolute Gasteiger partial charge is 0.0446 e. The van der Waals surface area contributed by atoms with Crippen LogP contribution in [0.5, 0.6) is 0 Å². The van der Waals surface area contributed by atoms with Crippen LogP contribution in [0, 0.1) is 0 Å². The first-order chi connectivity index (χ1) is 23.3. The molecule has 7 aromatic carbocycles. The summed E-state index contributed by atoms with van der Waals surface area (Å²) >= 11 is 1.88. The van der Waals surface area contributed by atoms with Gasteiger partial charge in [-0.1, -0.05) is 145 Å². The van der Waals surface area contributed by atoms with E-state index >= 15 is 0 Å². The molecule has 1 unspecified atom stereocenters. The number of amidine groups is 1. The van der Waals surface area contributed by atoms with E-state index in [9.17, 15) is 0 Å². The van der Waals surface area contributed by atoms with Crippen molar-refractivity contribution in [2.75, 3.05) is 0 Å². The van der Waals surface area contributed by atoms with Gasteiger partial charge in [-0.2, -0.15) is 0 Å². The molecule has 1 atom stereocenters. The molecule has 0 saturated carbocycles. The number of benzene rings is 7. The molecule has 10 rings (SSSR count). The van der Waals surface area contributed by atoms with Crippen molar-refractivity contribution in [3.8, 4) is 11.1 Å². The van der Waals surface area contributed by atoms with E-state index in [0.29, 0.717) is 0 Å². The summed E-state index contributed by atoms with van der Waals surface area (Å²) in [4.78, 5) is 5.48. The lowest BCUT2D eigenvalue weighted by molar-refractivity contribution is 1.09. The van der Waals surface area contributed by atoms with Gasteiger partial charge in [0.05, 0.1) is 0 Å². The fourth-order valence-corrected chi connectivity index (χ4v) is 8.77. The molecule has 8 aromatic rings. The predicted octanol–water partition coefficient (Wildman–Crippen LogP) is 12.2. The van der Waals surface area contributed by atoms with Crippen LogP contribution in [0.15, 0.2) is 168 Å². The summed E-state index contributed by atoms with van der Waals surface area (Å²) in [7, 11) is 0. The van der Waals surface area contributed by atoms with Crippen molar-refractivity contribution >= 4 is 75.4 Å². The summed E-state index contributed by atoms with van der Waals surface area (Å²) in [5, 5.41) is 15.5. The van der Waals surface area contributed by atoms with E-state index in [1.165, 1.54) is 63.6 Å². The maximum absolute atomic E-state index is 5.48. The fraction of sp³-hybridized carbons (Fsp3) is 0.0227. The molecule has 2 aliphatic rings. The number of aliphatic imine (C=N–C) groups is 1. The maximum Gasteiger partial charge on any atom is 0.0446 e. The Kier molecular flexibility index (Phi) is 5.84. The van der Waals surface area contributed by atoms with Crippen LogP contribution in [-0.2, 0) is 0 Å². The molecule has 3 heteroatoms. The Hall–Kier alpha value is -5.77. The summed E-state index contributed by atoms with van der Waals surface area (Å²) in [5.41, 5.74) is 6.67. The van der Waals surface area contributed by atoms with Gasteiger partial charge in [-0.25, -0.2) is 0 Å². The summed E-state index contributed by atoms with van der Waals surface area (Å²) in [6.07, 6.45) is 8.57. The lowest BCUT2D eigenvalue weighted by Gasteiger charge is -2.37. The fourth-order valence-electron chi connectivity index (χ4n) is 7.48. The third-order valence-corrected chi connectivity index (χ3v) is 10.8. The Morgan fingerprint density at radius 2 is 1.19 bits per heavy atom. The molecule has 0 radical (unpaired) electrons. The molecule has 0 spiro atoms. The van der Waals surface area contributed by atoms with Crippen molar-refractivity contribution < 1.29 is 0 Å². The average Bonchev–Trinajstić information content (AvgIpc) is 3.54. The zero-order valence-electron chi connectivity index (χ0n) is 25.4. The van der Waals surface area contributed by atoms with E-state index in [0.717, 1.165) is 28.2 Å². The van der Waals surface area contributed by atoms with Crippen molar-refractivity contribution in [3.05, 3.63) is 180 Å². The Balaban J connectivity index is 1.30. The number of nitrogens with zero attached hydrogens (tertiary/aromatic N) is 2. The largest absolute Gasteiger partial charge is 0.454 e. The minimum atomic E-state index is -0.105. The number of allylic oxidation sites excluding steroid dienone is 2. The molecule has 1 aliphatic carbocycles. The monoisotopic (exact) mass is 615 g/mol. The number of rotatable bonds is 3. The van der Waals surface area contributed by atoms with E-state index in [1.807, 2.05) is 11.3 Å².